The first-order valence-electron chi connectivity index (χ1n) is 10.4. The molecule has 0 radical (unpaired) electrons. The van der Waals surface area contributed by atoms with Crippen LogP contribution in [0.2, 0.25) is 5.02 Å². The van der Waals surface area contributed by atoms with Crippen LogP contribution in [0, 0.1) is 6.92 Å². The number of nitrogens with one attached hydrogen (secondary N) is 1. The SMILES string of the molecule is COCCN1C(=O)C(CC(=O)Nc2cc(C)c(Cl)cc2OC)SC1=Nc1ccccc1C(F)(F)F. The molecule has 1 aliphatic rings. The number of benzene rings is 2. The first kappa shape index (κ1) is 26.8. The Bertz CT molecular complexity index is 1140. The normalized spacial score (nSPS) is 17.2. The van der Waals surface area contributed by atoms with Crippen LogP contribution in [-0.2, 0) is 20.5 Å². The first-order valence-corrected chi connectivity index (χ1v) is 11.7. The summed E-state index contributed by atoms with van der Waals surface area (Å²) in [7, 11) is 2.87. The minimum absolute atomic E-state index is 0.0708. The number of anilines is 1. The lowest BCUT2D eigenvalue weighted by Crippen LogP contribution is -2.35. The number of hydrogen-bond acceptors (Lipinski definition) is 6. The average Bonchev–Trinajstić information content (AvgIpc) is 3.07. The third-order valence-corrected chi connectivity index (χ3v) is 6.67. The van der Waals surface area contributed by atoms with E-state index in [0.29, 0.717) is 16.5 Å². The summed E-state index contributed by atoms with van der Waals surface area (Å²) in [5.41, 5.74) is -0.125. The van der Waals surface area contributed by atoms with Gasteiger partial charge in [0, 0.05) is 24.6 Å². The number of thioether (sulfide) groups is 1. The predicted octanol–water partition coefficient (Wildman–Crippen LogP) is 5.28. The summed E-state index contributed by atoms with van der Waals surface area (Å²) < 4.78 is 50.5. The Morgan fingerprint density at radius 1 is 1.26 bits per heavy atom. The van der Waals surface area contributed by atoms with E-state index in [0.717, 1.165) is 23.4 Å². The Labute approximate surface area is 209 Å². The van der Waals surface area contributed by atoms with E-state index in [1.165, 1.54) is 37.3 Å². The molecule has 0 bridgehead atoms. The molecule has 1 N–H and O–H groups in total. The summed E-state index contributed by atoms with van der Waals surface area (Å²) >= 11 is 7.03. The topological polar surface area (TPSA) is 80.2 Å². The van der Waals surface area contributed by atoms with Crippen molar-refractivity contribution in [2.24, 2.45) is 4.99 Å². The lowest BCUT2D eigenvalue weighted by Gasteiger charge is -2.17. The summed E-state index contributed by atoms with van der Waals surface area (Å²) in [6, 6.07) is 8.06. The number of carbonyl (C=O) groups excluding carboxylic acids is 2. The summed E-state index contributed by atoms with van der Waals surface area (Å²) in [4.78, 5) is 31.2. The number of ether oxygens (including phenoxy) is 2. The number of aryl methyl sites for hydroxylation is 1. The van der Waals surface area contributed by atoms with Crippen LogP contribution in [0.15, 0.2) is 41.4 Å². The van der Waals surface area contributed by atoms with Gasteiger partial charge in [-0.15, -0.1) is 0 Å². The van der Waals surface area contributed by atoms with Crippen LogP contribution in [-0.4, -0.2) is 54.5 Å². The molecule has 188 valence electrons. The number of amides is 2. The third kappa shape index (κ3) is 6.47. The van der Waals surface area contributed by atoms with Crippen molar-refractivity contribution in [1.29, 1.82) is 0 Å². The Morgan fingerprint density at radius 3 is 2.63 bits per heavy atom. The van der Waals surface area contributed by atoms with Crippen LogP contribution in [0.1, 0.15) is 17.5 Å². The van der Waals surface area contributed by atoms with Gasteiger partial charge in [-0.05, 0) is 30.7 Å². The molecule has 0 aromatic heterocycles. The Kier molecular flexibility index (Phi) is 8.68. The van der Waals surface area contributed by atoms with E-state index in [1.54, 1.807) is 19.1 Å². The molecule has 3 rings (SSSR count). The highest BCUT2D eigenvalue weighted by Crippen LogP contribution is 2.39. The van der Waals surface area contributed by atoms with Gasteiger partial charge in [0.2, 0.25) is 11.8 Å². The summed E-state index contributed by atoms with van der Waals surface area (Å²) in [5, 5.41) is 2.37. The van der Waals surface area contributed by atoms with Crippen LogP contribution < -0.4 is 10.1 Å². The molecule has 1 fully saturated rings. The fourth-order valence-electron chi connectivity index (χ4n) is 3.33. The predicted molar refractivity (Wildman–Crippen MR) is 129 cm³/mol. The van der Waals surface area contributed by atoms with Crippen LogP contribution in [0.4, 0.5) is 24.5 Å². The van der Waals surface area contributed by atoms with Gasteiger partial charge in [0.25, 0.3) is 0 Å². The smallest absolute Gasteiger partial charge is 0.418 e. The number of hydrogen-bond donors (Lipinski definition) is 1. The monoisotopic (exact) mass is 529 g/mol. The molecule has 12 heteroatoms. The maximum atomic E-state index is 13.4. The Hall–Kier alpha value is -2.76. The maximum absolute atomic E-state index is 13.4. The number of aliphatic imine (C=N–C) groups is 1. The Balaban J connectivity index is 1.84. The quantitative estimate of drug-likeness (QED) is 0.503. The molecule has 1 atom stereocenters. The summed E-state index contributed by atoms with van der Waals surface area (Å²) in [6.45, 7) is 1.99. The van der Waals surface area contributed by atoms with Gasteiger partial charge in [-0.3, -0.25) is 14.5 Å². The number of alkyl halides is 3. The number of rotatable bonds is 8. The van der Waals surface area contributed by atoms with E-state index in [9.17, 15) is 22.8 Å². The number of amidine groups is 1. The van der Waals surface area contributed by atoms with E-state index in [-0.39, 0.29) is 30.4 Å². The first-order chi connectivity index (χ1) is 16.5. The van der Waals surface area contributed by atoms with Gasteiger partial charge in [-0.2, -0.15) is 13.2 Å². The zero-order chi connectivity index (χ0) is 25.8. The van der Waals surface area contributed by atoms with Gasteiger partial charge in [0.15, 0.2) is 5.17 Å². The van der Waals surface area contributed by atoms with Gasteiger partial charge in [-0.25, -0.2) is 4.99 Å². The molecular weight excluding hydrogens is 507 g/mol. The van der Waals surface area contributed by atoms with Crippen LogP contribution in [0.5, 0.6) is 5.75 Å². The minimum Gasteiger partial charge on any atom is -0.495 e. The molecule has 2 amide bonds. The van der Waals surface area contributed by atoms with Gasteiger partial charge in [0.1, 0.15) is 11.0 Å². The second kappa shape index (κ2) is 11.3. The molecular formula is C23H23ClF3N3O4S. The van der Waals surface area contributed by atoms with Crippen molar-refractivity contribution in [3.63, 3.8) is 0 Å². The van der Waals surface area contributed by atoms with Crippen LogP contribution in [0.3, 0.4) is 0 Å². The number of halogens is 4. The van der Waals surface area contributed by atoms with Crippen molar-refractivity contribution < 1.29 is 32.2 Å². The van der Waals surface area contributed by atoms with Crippen molar-refractivity contribution >= 4 is 51.7 Å². The van der Waals surface area contributed by atoms with Gasteiger partial charge >= 0.3 is 6.18 Å². The molecule has 35 heavy (non-hydrogen) atoms. The number of methoxy groups -OCH3 is 2. The van der Waals surface area contributed by atoms with Crippen molar-refractivity contribution in [2.45, 2.75) is 24.8 Å². The van der Waals surface area contributed by atoms with Crippen LogP contribution >= 0.6 is 23.4 Å². The fraction of sp³-hybridized carbons (Fsp3) is 0.348. The van der Waals surface area contributed by atoms with E-state index in [2.05, 4.69) is 10.3 Å². The van der Waals surface area contributed by atoms with Crippen molar-refractivity contribution in [2.75, 3.05) is 32.7 Å². The molecule has 2 aromatic rings. The largest absolute Gasteiger partial charge is 0.495 e. The average molecular weight is 530 g/mol. The highest BCUT2D eigenvalue weighted by Gasteiger charge is 2.40. The third-order valence-electron chi connectivity index (χ3n) is 5.09. The molecule has 2 aromatic carbocycles. The maximum Gasteiger partial charge on any atom is 0.418 e. The van der Waals surface area contributed by atoms with Gasteiger partial charge in [0.05, 0.1) is 37.2 Å². The zero-order valence-corrected chi connectivity index (χ0v) is 20.7. The number of para-hydroxylation sites is 1. The van der Waals surface area contributed by atoms with E-state index in [1.807, 2.05) is 0 Å². The Morgan fingerprint density at radius 2 is 1.97 bits per heavy atom. The van der Waals surface area contributed by atoms with Crippen LogP contribution in [0.25, 0.3) is 0 Å². The molecule has 7 nitrogen and oxygen atoms in total. The lowest BCUT2D eigenvalue weighted by atomic mass is 10.2. The second-order valence-electron chi connectivity index (χ2n) is 7.55. The van der Waals surface area contributed by atoms with Gasteiger partial charge in [-0.1, -0.05) is 35.5 Å². The van der Waals surface area contributed by atoms with Crippen molar-refractivity contribution in [3.05, 3.63) is 52.5 Å². The van der Waals surface area contributed by atoms with Crippen molar-refractivity contribution in [1.82, 2.24) is 4.90 Å². The summed E-state index contributed by atoms with van der Waals surface area (Å²) in [6.07, 6.45) is -4.84. The highest BCUT2D eigenvalue weighted by atomic mass is 35.5. The minimum atomic E-state index is -4.61. The molecule has 1 aliphatic heterocycles. The number of carbonyl (C=O) groups is 2. The molecule has 1 heterocycles. The van der Waals surface area contributed by atoms with Gasteiger partial charge < -0.3 is 14.8 Å². The molecule has 1 saturated heterocycles. The molecule has 0 spiro atoms. The standard InChI is InChI=1S/C23H23ClF3N3O4S/c1-13-10-17(18(34-3)11-15(13)24)28-20(31)12-19-21(32)30(8-9-33-2)22(35-19)29-16-7-5-4-6-14(16)23(25,26)27/h4-7,10-11,19H,8-9,12H2,1-3H3,(H,28,31). The second-order valence-corrected chi connectivity index (χ2v) is 9.13. The molecule has 1 unspecified atom stereocenters. The summed E-state index contributed by atoms with van der Waals surface area (Å²) in [5.74, 6) is -0.559. The molecule has 0 saturated carbocycles. The fourth-order valence-corrected chi connectivity index (χ4v) is 4.66. The van der Waals surface area contributed by atoms with E-state index in [4.69, 9.17) is 21.1 Å². The number of nitrogens with zero attached hydrogens (tertiary/aromatic N) is 2. The van der Waals surface area contributed by atoms with E-state index >= 15 is 0 Å². The highest BCUT2D eigenvalue weighted by molar-refractivity contribution is 8.15. The lowest BCUT2D eigenvalue weighted by molar-refractivity contribution is -0.137. The molecule has 0 aliphatic carbocycles. The zero-order valence-electron chi connectivity index (χ0n) is 19.1. The van der Waals surface area contributed by atoms with E-state index < -0.39 is 28.8 Å². The van der Waals surface area contributed by atoms with Crippen molar-refractivity contribution in [3.8, 4) is 5.75 Å².